The van der Waals surface area contributed by atoms with Gasteiger partial charge in [0.1, 0.15) is 6.61 Å². The maximum absolute atomic E-state index is 10.9. The van der Waals surface area contributed by atoms with Gasteiger partial charge in [-0.2, -0.15) is 0 Å². The Hall–Kier alpha value is -1.68. The van der Waals surface area contributed by atoms with Gasteiger partial charge in [0, 0.05) is 0 Å². The SMILES string of the molecule is CC(=O)COC1CCc2cc(C(=O)O)ccc2C1. The molecule has 96 valence electrons. The molecule has 0 radical (unpaired) electrons. The van der Waals surface area contributed by atoms with E-state index < -0.39 is 5.97 Å². The number of carbonyl (C=O) groups is 2. The predicted octanol–water partition coefficient (Wildman–Crippen LogP) is 1.85. The Morgan fingerprint density at radius 1 is 1.39 bits per heavy atom. The average Bonchev–Trinajstić information content (AvgIpc) is 2.35. The van der Waals surface area contributed by atoms with Gasteiger partial charge in [0.05, 0.1) is 11.7 Å². The van der Waals surface area contributed by atoms with E-state index >= 15 is 0 Å². The Bertz CT molecular complexity index is 479. The second-order valence-electron chi connectivity index (χ2n) is 4.67. The first-order chi connectivity index (χ1) is 8.56. The number of aryl methyl sites for hydroxylation is 1. The van der Waals surface area contributed by atoms with Crippen LogP contribution in [-0.2, 0) is 22.4 Å². The number of ketones is 1. The molecule has 0 spiro atoms. The molecule has 4 heteroatoms. The van der Waals surface area contributed by atoms with Crippen molar-refractivity contribution in [2.45, 2.75) is 32.3 Å². The Morgan fingerprint density at radius 2 is 2.17 bits per heavy atom. The van der Waals surface area contributed by atoms with Crippen LogP contribution in [-0.4, -0.2) is 29.6 Å². The summed E-state index contributed by atoms with van der Waals surface area (Å²) in [6.07, 6.45) is 2.46. The van der Waals surface area contributed by atoms with Gasteiger partial charge in [0.25, 0.3) is 0 Å². The molecule has 0 bridgehead atoms. The van der Waals surface area contributed by atoms with Gasteiger partial charge in [-0.25, -0.2) is 4.79 Å². The van der Waals surface area contributed by atoms with E-state index in [0.717, 1.165) is 30.4 Å². The van der Waals surface area contributed by atoms with E-state index in [2.05, 4.69) is 0 Å². The highest BCUT2D eigenvalue weighted by Gasteiger charge is 2.20. The minimum atomic E-state index is -0.896. The van der Waals surface area contributed by atoms with E-state index in [4.69, 9.17) is 9.84 Å². The number of rotatable bonds is 4. The number of carbonyl (C=O) groups excluding carboxylic acids is 1. The zero-order valence-corrected chi connectivity index (χ0v) is 10.3. The predicted molar refractivity (Wildman–Crippen MR) is 65.8 cm³/mol. The van der Waals surface area contributed by atoms with Gasteiger partial charge in [-0.05, 0) is 49.4 Å². The number of ether oxygens (including phenoxy) is 1. The van der Waals surface area contributed by atoms with E-state index in [1.54, 1.807) is 12.1 Å². The Balaban J connectivity index is 2.06. The molecule has 0 aliphatic heterocycles. The van der Waals surface area contributed by atoms with Gasteiger partial charge < -0.3 is 9.84 Å². The van der Waals surface area contributed by atoms with E-state index in [-0.39, 0.29) is 18.5 Å². The summed E-state index contributed by atoms with van der Waals surface area (Å²) in [4.78, 5) is 21.7. The fraction of sp³-hybridized carbons (Fsp3) is 0.429. The van der Waals surface area contributed by atoms with Crippen LogP contribution in [0.4, 0.5) is 0 Å². The van der Waals surface area contributed by atoms with Crippen molar-refractivity contribution in [2.24, 2.45) is 0 Å². The Kier molecular flexibility index (Phi) is 3.77. The molecule has 1 N–H and O–H groups in total. The molecule has 1 aromatic carbocycles. The van der Waals surface area contributed by atoms with Crippen molar-refractivity contribution >= 4 is 11.8 Å². The lowest BCUT2D eigenvalue weighted by Gasteiger charge is -2.24. The van der Waals surface area contributed by atoms with Crippen LogP contribution in [0, 0.1) is 0 Å². The highest BCUT2D eigenvalue weighted by atomic mass is 16.5. The Labute approximate surface area is 106 Å². The van der Waals surface area contributed by atoms with Crippen LogP contribution in [0.3, 0.4) is 0 Å². The molecule has 2 rings (SSSR count). The summed E-state index contributed by atoms with van der Waals surface area (Å²) < 4.78 is 5.51. The van der Waals surface area contributed by atoms with Crippen molar-refractivity contribution < 1.29 is 19.4 Å². The van der Waals surface area contributed by atoms with Gasteiger partial charge in [0.2, 0.25) is 0 Å². The van der Waals surface area contributed by atoms with Crippen molar-refractivity contribution in [1.82, 2.24) is 0 Å². The summed E-state index contributed by atoms with van der Waals surface area (Å²) in [7, 11) is 0. The summed E-state index contributed by atoms with van der Waals surface area (Å²) in [5, 5.41) is 8.92. The summed E-state index contributed by atoms with van der Waals surface area (Å²) in [6, 6.07) is 5.20. The lowest BCUT2D eigenvalue weighted by Crippen LogP contribution is -2.25. The number of hydrogen-bond donors (Lipinski definition) is 1. The van der Waals surface area contributed by atoms with E-state index in [9.17, 15) is 9.59 Å². The summed E-state index contributed by atoms with van der Waals surface area (Å²) in [6.45, 7) is 1.67. The lowest BCUT2D eigenvalue weighted by atomic mass is 9.88. The number of carboxylic acids is 1. The van der Waals surface area contributed by atoms with Crippen LogP contribution in [0.25, 0.3) is 0 Å². The molecule has 1 unspecified atom stereocenters. The molecule has 0 saturated carbocycles. The van der Waals surface area contributed by atoms with Crippen LogP contribution in [0.15, 0.2) is 18.2 Å². The summed E-state index contributed by atoms with van der Waals surface area (Å²) in [5.74, 6) is -0.866. The Morgan fingerprint density at radius 3 is 2.83 bits per heavy atom. The number of benzene rings is 1. The van der Waals surface area contributed by atoms with Gasteiger partial charge >= 0.3 is 5.97 Å². The van der Waals surface area contributed by atoms with Crippen LogP contribution in [0.2, 0.25) is 0 Å². The topological polar surface area (TPSA) is 63.6 Å². The summed E-state index contributed by atoms with van der Waals surface area (Å²) in [5.41, 5.74) is 2.54. The maximum Gasteiger partial charge on any atom is 0.335 e. The van der Waals surface area contributed by atoms with Gasteiger partial charge in [-0.1, -0.05) is 6.07 Å². The highest BCUT2D eigenvalue weighted by Crippen LogP contribution is 2.24. The normalized spacial score (nSPS) is 18.2. The number of Topliss-reactive ketones (excluding diaryl/α,β-unsaturated/α-hetero) is 1. The molecule has 1 aliphatic rings. The first kappa shape index (κ1) is 12.8. The summed E-state index contributed by atoms with van der Waals surface area (Å²) >= 11 is 0. The molecule has 18 heavy (non-hydrogen) atoms. The molecular formula is C14H16O4. The zero-order valence-electron chi connectivity index (χ0n) is 10.3. The lowest BCUT2D eigenvalue weighted by molar-refractivity contribution is -0.123. The molecule has 1 aliphatic carbocycles. The number of fused-ring (bicyclic) bond motifs is 1. The van der Waals surface area contributed by atoms with Crippen molar-refractivity contribution in [1.29, 1.82) is 0 Å². The van der Waals surface area contributed by atoms with Gasteiger partial charge in [0.15, 0.2) is 5.78 Å². The van der Waals surface area contributed by atoms with Crippen LogP contribution in [0.5, 0.6) is 0 Å². The molecule has 0 saturated heterocycles. The van der Waals surface area contributed by atoms with Crippen LogP contribution >= 0.6 is 0 Å². The van der Waals surface area contributed by atoms with E-state index in [1.807, 2.05) is 6.07 Å². The first-order valence-electron chi connectivity index (χ1n) is 6.02. The molecule has 0 fully saturated rings. The molecule has 4 nitrogen and oxygen atoms in total. The average molecular weight is 248 g/mol. The standard InChI is InChI=1S/C14H16O4/c1-9(15)8-18-13-5-4-10-6-12(14(16)17)3-2-11(10)7-13/h2-3,6,13H,4-5,7-8H2,1H3,(H,16,17). The smallest absolute Gasteiger partial charge is 0.335 e. The third kappa shape index (κ3) is 2.96. The first-order valence-corrected chi connectivity index (χ1v) is 6.02. The van der Waals surface area contributed by atoms with Crippen molar-refractivity contribution in [2.75, 3.05) is 6.61 Å². The van der Waals surface area contributed by atoms with Crippen LogP contribution in [0.1, 0.15) is 34.8 Å². The third-order valence-electron chi connectivity index (χ3n) is 3.16. The molecular weight excluding hydrogens is 232 g/mol. The fourth-order valence-electron chi connectivity index (χ4n) is 2.23. The van der Waals surface area contributed by atoms with Gasteiger partial charge in [-0.15, -0.1) is 0 Å². The number of carboxylic acid groups (broad SMARTS) is 1. The molecule has 0 heterocycles. The maximum atomic E-state index is 10.9. The van der Waals surface area contributed by atoms with Crippen molar-refractivity contribution in [3.63, 3.8) is 0 Å². The number of aromatic carboxylic acids is 1. The fourth-order valence-corrected chi connectivity index (χ4v) is 2.23. The van der Waals surface area contributed by atoms with Gasteiger partial charge in [-0.3, -0.25) is 4.79 Å². The molecule has 1 aromatic rings. The quantitative estimate of drug-likeness (QED) is 0.883. The van der Waals surface area contributed by atoms with Crippen LogP contribution < -0.4 is 0 Å². The molecule has 0 aromatic heterocycles. The van der Waals surface area contributed by atoms with Crippen molar-refractivity contribution in [3.8, 4) is 0 Å². The van der Waals surface area contributed by atoms with E-state index in [1.165, 1.54) is 6.92 Å². The van der Waals surface area contributed by atoms with E-state index in [0.29, 0.717) is 5.56 Å². The largest absolute Gasteiger partial charge is 0.478 e. The highest BCUT2D eigenvalue weighted by molar-refractivity contribution is 5.87. The zero-order chi connectivity index (χ0) is 13.1. The number of hydrogen-bond acceptors (Lipinski definition) is 3. The second kappa shape index (κ2) is 5.31. The monoisotopic (exact) mass is 248 g/mol. The molecule has 1 atom stereocenters. The minimum Gasteiger partial charge on any atom is -0.478 e. The third-order valence-corrected chi connectivity index (χ3v) is 3.16. The molecule has 0 amide bonds. The van der Waals surface area contributed by atoms with Crippen molar-refractivity contribution in [3.05, 3.63) is 34.9 Å². The second-order valence-corrected chi connectivity index (χ2v) is 4.67. The minimum absolute atomic E-state index is 0.0297.